The van der Waals surface area contributed by atoms with Crippen molar-refractivity contribution in [2.45, 2.75) is 25.8 Å². The van der Waals surface area contributed by atoms with Gasteiger partial charge in [0.05, 0.1) is 24.3 Å². The monoisotopic (exact) mass is 240 g/mol. The van der Waals surface area contributed by atoms with Gasteiger partial charge < -0.3 is 9.73 Å². The number of nitrogens with zero attached hydrogens (tertiary/aromatic N) is 1. The second-order valence-corrected chi connectivity index (χ2v) is 4.75. The van der Waals surface area contributed by atoms with Gasteiger partial charge in [0.1, 0.15) is 5.76 Å². The zero-order valence-corrected chi connectivity index (χ0v) is 10.6. The molecule has 0 aliphatic carbocycles. The van der Waals surface area contributed by atoms with E-state index in [4.69, 9.17) is 9.68 Å². The molecule has 0 saturated heterocycles. The summed E-state index contributed by atoms with van der Waals surface area (Å²) in [7, 11) is 0. The van der Waals surface area contributed by atoms with Gasteiger partial charge in [-0.05, 0) is 43.7 Å². The molecule has 0 bridgehead atoms. The Balaban J connectivity index is 2.02. The van der Waals surface area contributed by atoms with Crippen molar-refractivity contribution in [1.29, 1.82) is 5.26 Å². The molecule has 3 heteroatoms. The lowest BCUT2D eigenvalue weighted by Crippen LogP contribution is -2.13. The Bertz CT molecular complexity index is 533. The van der Waals surface area contributed by atoms with Crippen LogP contribution in [0.4, 0.5) is 5.69 Å². The highest BCUT2D eigenvalue weighted by Gasteiger charge is 2.18. The van der Waals surface area contributed by atoms with Gasteiger partial charge in [0.25, 0.3) is 0 Å². The average molecular weight is 240 g/mol. The molecule has 2 aromatic rings. The van der Waals surface area contributed by atoms with Crippen molar-refractivity contribution in [2.75, 3.05) is 5.32 Å². The predicted octanol–water partition coefficient (Wildman–Crippen LogP) is 3.69. The lowest BCUT2D eigenvalue weighted by Gasteiger charge is -2.16. The molecule has 0 aliphatic heterocycles. The summed E-state index contributed by atoms with van der Waals surface area (Å²) in [5, 5.41) is 12.3. The van der Waals surface area contributed by atoms with E-state index in [1.807, 2.05) is 50.2 Å². The smallest absolute Gasteiger partial charge is 0.122 e. The van der Waals surface area contributed by atoms with Crippen LogP contribution < -0.4 is 5.32 Å². The second kappa shape index (κ2) is 4.97. The number of furan rings is 1. The molecule has 0 radical (unpaired) electrons. The average Bonchev–Trinajstić information content (AvgIpc) is 2.90. The van der Waals surface area contributed by atoms with E-state index in [2.05, 4.69) is 11.4 Å². The van der Waals surface area contributed by atoms with E-state index < -0.39 is 5.41 Å². The van der Waals surface area contributed by atoms with E-state index in [0.29, 0.717) is 6.54 Å². The van der Waals surface area contributed by atoms with Crippen molar-refractivity contribution < 1.29 is 4.42 Å². The Kier molecular flexibility index (Phi) is 3.38. The minimum absolute atomic E-state index is 0.445. The van der Waals surface area contributed by atoms with Crippen molar-refractivity contribution in [3.63, 3.8) is 0 Å². The maximum Gasteiger partial charge on any atom is 0.122 e. The van der Waals surface area contributed by atoms with Gasteiger partial charge in [0, 0.05) is 5.69 Å². The fourth-order valence-corrected chi connectivity index (χ4v) is 1.67. The fourth-order valence-electron chi connectivity index (χ4n) is 1.67. The largest absolute Gasteiger partial charge is 0.467 e. The molecule has 1 heterocycles. The van der Waals surface area contributed by atoms with E-state index in [0.717, 1.165) is 17.0 Å². The highest BCUT2D eigenvalue weighted by atomic mass is 16.3. The predicted molar refractivity (Wildman–Crippen MR) is 71.1 cm³/mol. The third-order valence-corrected chi connectivity index (χ3v) is 2.93. The number of hydrogen-bond acceptors (Lipinski definition) is 3. The molecular weight excluding hydrogens is 224 g/mol. The van der Waals surface area contributed by atoms with E-state index in [9.17, 15) is 0 Å². The van der Waals surface area contributed by atoms with Crippen LogP contribution in [-0.2, 0) is 12.0 Å². The van der Waals surface area contributed by atoms with Crippen LogP contribution in [0, 0.1) is 11.3 Å². The van der Waals surface area contributed by atoms with E-state index >= 15 is 0 Å². The van der Waals surface area contributed by atoms with E-state index in [-0.39, 0.29) is 0 Å². The lowest BCUT2D eigenvalue weighted by molar-refractivity contribution is 0.518. The summed E-state index contributed by atoms with van der Waals surface area (Å²) in [6, 6.07) is 14.0. The van der Waals surface area contributed by atoms with Gasteiger partial charge in [0.2, 0.25) is 0 Å². The molecule has 1 aromatic heterocycles. The van der Waals surface area contributed by atoms with Crippen LogP contribution in [0.2, 0.25) is 0 Å². The van der Waals surface area contributed by atoms with Crippen LogP contribution in [0.3, 0.4) is 0 Å². The molecule has 0 unspecified atom stereocenters. The Labute approximate surface area is 107 Å². The topological polar surface area (TPSA) is 49.0 Å². The molecule has 1 N–H and O–H groups in total. The molecule has 2 rings (SSSR count). The number of nitriles is 1. The molecule has 0 saturated carbocycles. The number of nitrogens with one attached hydrogen (secondary N) is 1. The molecule has 0 atom stereocenters. The Morgan fingerprint density at radius 1 is 1.22 bits per heavy atom. The van der Waals surface area contributed by atoms with Crippen molar-refractivity contribution >= 4 is 5.69 Å². The highest BCUT2D eigenvalue weighted by molar-refractivity contribution is 5.47. The zero-order chi connectivity index (χ0) is 13.0. The number of anilines is 1. The third-order valence-electron chi connectivity index (χ3n) is 2.93. The standard InChI is InChI=1S/C15H16N2O/c1-15(2,11-16)12-5-7-13(8-6-12)17-10-14-4-3-9-18-14/h3-9,17H,10H2,1-2H3. The first-order valence-corrected chi connectivity index (χ1v) is 5.90. The first kappa shape index (κ1) is 12.3. The Hall–Kier alpha value is -2.21. The van der Waals surface area contributed by atoms with Crippen LogP contribution in [-0.4, -0.2) is 0 Å². The summed E-state index contributed by atoms with van der Waals surface area (Å²) in [6.45, 7) is 4.49. The van der Waals surface area contributed by atoms with Crippen LogP contribution >= 0.6 is 0 Å². The van der Waals surface area contributed by atoms with Gasteiger partial charge >= 0.3 is 0 Å². The number of benzene rings is 1. The van der Waals surface area contributed by atoms with E-state index in [1.54, 1.807) is 6.26 Å². The summed E-state index contributed by atoms with van der Waals surface area (Å²) in [4.78, 5) is 0. The van der Waals surface area contributed by atoms with Crippen molar-refractivity contribution in [3.05, 3.63) is 54.0 Å². The zero-order valence-electron chi connectivity index (χ0n) is 10.6. The summed E-state index contributed by atoms with van der Waals surface area (Å²) in [5.74, 6) is 0.899. The molecular formula is C15H16N2O. The molecule has 18 heavy (non-hydrogen) atoms. The van der Waals surface area contributed by atoms with Crippen molar-refractivity contribution in [1.82, 2.24) is 0 Å². The van der Waals surface area contributed by atoms with Crippen molar-refractivity contribution in [3.8, 4) is 6.07 Å². The van der Waals surface area contributed by atoms with Crippen LogP contribution in [0.25, 0.3) is 0 Å². The normalized spacial score (nSPS) is 10.9. The Morgan fingerprint density at radius 3 is 2.50 bits per heavy atom. The molecule has 1 aromatic carbocycles. The van der Waals surface area contributed by atoms with Gasteiger partial charge in [-0.2, -0.15) is 5.26 Å². The minimum Gasteiger partial charge on any atom is -0.467 e. The quantitative estimate of drug-likeness (QED) is 0.886. The highest BCUT2D eigenvalue weighted by Crippen LogP contribution is 2.23. The molecule has 3 nitrogen and oxygen atoms in total. The molecule has 0 amide bonds. The van der Waals surface area contributed by atoms with Crippen LogP contribution in [0.15, 0.2) is 47.1 Å². The summed E-state index contributed by atoms with van der Waals surface area (Å²) >= 11 is 0. The van der Waals surface area contributed by atoms with Gasteiger partial charge in [0.15, 0.2) is 0 Å². The van der Waals surface area contributed by atoms with Crippen LogP contribution in [0.1, 0.15) is 25.2 Å². The Morgan fingerprint density at radius 2 is 1.94 bits per heavy atom. The first-order chi connectivity index (χ1) is 8.62. The van der Waals surface area contributed by atoms with Gasteiger partial charge in [-0.1, -0.05) is 12.1 Å². The fraction of sp³-hybridized carbons (Fsp3) is 0.267. The molecule has 92 valence electrons. The van der Waals surface area contributed by atoms with Gasteiger partial charge in [-0.3, -0.25) is 0 Å². The molecule has 0 fully saturated rings. The maximum atomic E-state index is 9.07. The summed E-state index contributed by atoms with van der Waals surface area (Å²) < 4.78 is 5.25. The summed E-state index contributed by atoms with van der Waals surface area (Å²) in [5.41, 5.74) is 1.59. The molecule has 0 spiro atoms. The first-order valence-electron chi connectivity index (χ1n) is 5.90. The lowest BCUT2D eigenvalue weighted by atomic mass is 9.86. The van der Waals surface area contributed by atoms with Gasteiger partial charge in [-0.15, -0.1) is 0 Å². The third kappa shape index (κ3) is 2.72. The SMILES string of the molecule is CC(C)(C#N)c1ccc(NCc2ccco2)cc1. The van der Waals surface area contributed by atoms with Crippen molar-refractivity contribution in [2.24, 2.45) is 0 Å². The second-order valence-electron chi connectivity index (χ2n) is 4.75. The number of hydrogen-bond donors (Lipinski definition) is 1. The van der Waals surface area contributed by atoms with Crippen LogP contribution in [0.5, 0.6) is 0 Å². The minimum atomic E-state index is -0.445. The number of rotatable bonds is 4. The van der Waals surface area contributed by atoms with E-state index in [1.165, 1.54) is 0 Å². The summed E-state index contributed by atoms with van der Waals surface area (Å²) in [6.07, 6.45) is 1.66. The maximum absolute atomic E-state index is 9.07. The van der Waals surface area contributed by atoms with Gasteiger partial charge in [-0.25, -0.2) is 0 Å². The molecule has 0 aliphatic rings.